The zero-order valence-electron chi connectivity index (χ0n) is 13.1. The van der Waals surface area contributed by atoms with Crippen molar-refractivity contribution < 1.29 is 9.13 Å². The van der Waals surface area contributed by atoms with Crippen molar-refractivity contribution in [2.75, 3.05) is 50.0 Å². The van der Waals surface area contributed by atoms with E-state index in [1.165, 1.54) is 12.1 Å². The molecule has 0 amide bonds. The SMILES string of the molecule is Fc1ccc(Nc2nccc(NCCN3CCOCC3)n2)cc1Cl. The van der Waals surface area contributed by atoms with Crippen LogP contribution in [-0.4, -0.2) is 54.3 Å². The molecule has 3 rings (SSSR count). The van der Waals surface area contributed by atoms with E-state index in [9.17, 15) is 4.39 Å². The Morgan fingerprint density at radius 1 is 1.25 bits per heavy atom. The number of morpholine rings is 1. The van der Waals surface area contributed by atoms with Crippen molar-refractivity contribution >= 4 is 29.1 Å². The molecule has 0 spiro atoms. The normalized spacial score (nSPS) is 15.2. The lowest BCUT2D eigenvalue weighted by molar-refractivity contribution is 0.0398. The Labute approximate surface area is 145 Å². The number of halogens is 2. The van der Waals surface area contributed by atoms with Gasteiger partial charge in [-0.25, -0.2) is 9.37 Å². The second-order valence-electron chi connectivity index (χ2n) is 5.40. The first kappa shape index (κ1) is 16.9. The Kier molecular flexibility index (Phi) is 5.79. The van der Waals surface area contributed by atoms with E-state index in [2.05, 4.69) is 25.5 Å². The van der Waals surface area contributed by atoms with Crippen LogP contribution in [0.15, 0.2) is 30.5 Å². The quantitative estimate of drug-likeness (QED) is 0.834. The van der Waals surface area contributed by atoms with Gasteiger partial charge in [-0.1, -0.05) is 11.6 Å². The highest BCUT2D eigenvalue weighted by molar-refractivity contribution is 6.31. The molecule has 0 bridgehead atoms. The molecule has 1 aromatic heterocycles. The van der Waals surface area contributed by atoms with E-state index in [1.54, 1.807) is 12.3 Å². The first-order valence-corrected chi connectivity index (χ1v) is 8.17. The fraction of sp³-hybridized carbons (Fsp3) is 0.375. The smallest absolute Gasteiger partial charge is 0.229 e. The van der Waals surface area contributed by atoms with Crippen LogP contribution in [0.5, 0.6) is 0 Å². The Morgan fingerprint density at radius 3 is 2.88 bits per heavy atom. The summed E-state index contributed by atoms with van der Waals surface area (Å²) in [5.41, 5.74) is 0.631. The van der Waals surface area contributed by atoms with Crippen LogP contribution >= 0.6 is 11.6 Å². The summed E-state index contributed by atoms with van der Waals surface area (Å²) in [5.74, 6) is 0.699. The molecule has 1 aliphatic rings. The fourth-order valence-electron chi connectivity index (χ4n) is 2.39. The molecule has 6 nitrogen and oxygen atoms in total. The molecule has 0 saturated carbocycles. The number of aromatic nitrogens is 2. The van der Waals surface area contributed by atoms with E-state index in [0.717, 1.165) is 45.2 Å². The van der Waals surface area contributed by atoms with Crippen LogP contribution in [0.25, 0.3) is 0 Å². The van der Waals surface area contributed by atoms with Gasteiger partial charge in [-0.05, 0) is 24.3 Å². The maximum absolute atomic E-state index is 13.2. The summed E-state index contributed by atoms with van der Waals surface area (Å²) in [7, 11) is 0. The summed E-state index contributed by atoms with van der Waals surface area (Å²) >= 11 is 5.77. The Balaban J connectivity index is 1.54. The lowest BCUT2D eigenvalue weighted by Crippen LogP contribution is -2.39. The molecule has 2 heterocycles. The predicted molar refractivity (Wildman–Crippen MR) is 92.5 cm³/mol. The van der Waals surface area contributed by atoms with Crippen molar-refractivity contribution in [1.82, 2.24) is 14.9 Å². The van der Waals surface area contributed by atoms with Gasteiger partial charge in [0.2, 0.25) is 5.95 Å². The number of benzene rings is 1. The van der Waals surface area contributed by atoms with Crippen molar-refractivity contribution in [3.8, 4) is 0 Å². The highest BCUT2D eigenvalue weighted by Crippen LogP contribution is 2.21. The lowest BCUT2D eigenvalue weighted by atomic mass is 10.3. The molecule has 0 radical (unpaired) electrons. The molecular weight excluding hydrogens is 333 g/mol. The van der Waals surface area contributed by atoms with Crippen molar-refractivity contribution in [1.29, 1.82) is 0 Å². The van der Waals surface area contributed by atoms with Crippen LogP contribution in [0.1, 0.15) is 0 Å². The van der Waals surface area contributed by atoms with Gasteiger partial charge in [0.05, 0.1) is 18.2 Å². The van der Waals surface area contributed by atoms with Gasteiger partial charge in [-0.2, -0.15) is 4.98 Å². The highest BCUT2D eigenvalue weighted by atomic mass is 35.5. The summed E-state index contributed by atoms with van der Waals surface area (Å²) in [6.07, 6.45) is 1.66. The third-order valence-electron chi connectivity index (χ3n) is 3.67. The van der Waals surface area contributed by atoms with E-state index in [-0.39, 0.29) is 5.02 Å². The maximum atomic E-state index is 13.2. The van der Waals surface area contributed by atoms with E-state index in [1.807, 2.05) is 6.07 Å². The number of hydrogen-bond donors (Lipinski definition) is 2. The van der Waals surface area contributed by atoms with Gasteiger partial charge in [0, 0.05) is 38.1 Å². The molecule has 2 aromatic rings. The summed E-state index contributed by atoms with van der Waals surface area (Å²) < 4.78 is 18.5. The van der Waals surface area contributed by atoms with E-state index < -0.39 is 5.82 Å². The van der Waals surface area contributed by atoms with Crippen LogP contribution in [0, 0.1) is 5.82 Å². The zero-order valence-corrected chi connectivity index (χ0v) is 13.9. The van der Waals surface area contributed by atoms with Gasteiger partial charge >= 0.3 is 0 Å². The molecule has 1 fully saturated rings. The molecule has 0 aliphatic carbocycles. The number of nitrogens with one attached hydrogen (secondary N) is 2. The molecule has 0 atom stereocenters. The zero-order chi connectivity index (χ0) is 16.8. The third-order valence-corrected chi connectivity index (χ3v) is 3.96. The van der Waals surface area contributed by atoms with Gasteiger partial charge in [-0.3, -0.25) is 4.90 Å². The van der Waals surface area contributed by atoms with Gasteiger partial charge < -0.3 is 15.4 Å². The predicted octanol–water partition coefficient (Wildman–Crippen LogP) is 2.76. The Bertz CT molecular complexity index is 681. The van der Waals surface area contributed by atoms with Gasteiger partial charge in [-0.15, -0.1) is 0 Å². The first-order chi connectivity index (χ1) is 11.7. The summed E-state index contributed by atoms with van der Waals surface area (Å²) in [6, 6.07) is 6.19. The number of anilines is 3. The minimum Gasteiger partial charge on any atom is -0.379 e. The fourth-order valence-corrected chi connectivity index (χ4v) is 2.57. The minimum atomic E-state index is -0.457. The maximum Gasteiger partial charge on any atom is 0.229 e. The number of hydrogen-bond acceptors (Lipinski definition) is 6. The number of nitrogens with zero attached hydrogens (tertiary/aromatic N) is 3. The van der Waals surface area contributed by atoms with Crippen molar-refractivity contribution in [3.63, 3.8) is 0 Å². The van der Waals surface area contributed by atoms with E-state index in [4.69, 9.17) is 16.3 Å². The second-order valence-corrected chi connectivity index (χ2v) is 5.81. The summed E-state index contributed by atoms with van der Waals surface area (Å²) in [5, 5.41) is 6.35. The average Bonchev–Trinajstić information content (AvgIpc) is 2.60. The molecular formula is C16H19ClFN5O. The number of rotatable bonds is 6. The summed E-state index contributed by atoms with van der Waals surface area (Å²) in [4.78, 5) is 10.9. The lowest BCUT2D eigenvalue weighted by Gasteiger charge is -2.26. The standard InChI is InChI=1S/C16H19ClFN5O/c17-13-11-12(1-2-14(13)18)21-16-20-4-3-15(22-16)19-5-6-23-7-9-24-10-8-23/h1-4,11H,5-10H2,(H2,19,20,21,22). The molecule has 0 unspecified atom stereocenters. The van der Waals surface area contributed by atoms with Gasteiger partial charge in [0.25, 0.3) is 0 Å². The monoisotopic (exact) mass is 351 g/mol. The third kappa shape index (κ3) is 4.77. The second kappa shape index (κ2) is 8.23. The average molecular weight is 352 g/mol. The molecule has 1 aromatic carbocycles. The van der Waals surface area contributed by atoms with Crippen molar-refractivity contribution in [2.45, 2.75) is 0 Å². The largest absolute Gasteiger partial charge is 0.379 e. The first-order valence-electron chi connectivity index (χ1n) is 7.80. The van der Waals surface area contributed by atoms with Crippen LogP contribution in [-0.2, 0) is 4.74 Å². The van der Waals surface area contributed by atoms with E-state index in [0.29, 0.717) is 11.6 Å². The van der Waals surface area contributed by atoms with Crippen LogP contribution < -0.4 is 10.6 Å². The Morgan fingerprint density at radius 2 is 2.08 bits per heavy atom. The molecule has 24 heavy (non-hydrogen) atoms. The van der Waals surface area contributed by atoms with Crippen molar-refractivity contribution in [3.05, 3.63) is 41.3 Å². The van der Waals surface area contributed by atoms with E-state index >= 15 is 0 Å². The topological polar surface area (TPSA) is 62.3 Å². The van der Waals surface area contributed by atoms with Gasteiger partial charge in [0.15, 0.2) is 0 Å². The molecule has 1 saturated heterocycles. The summed E-state index contributed by atoms with van der Waals surface area (Å²) in [6.45, 7) is 5.24. The molecule has 2 N–H and O–H groups in total. The molecule has 1 aliphatic heterocycles. The van der Waals surface area contributed by atoms with Crippen LogP contribution in [0.2, 0.25) is 5.02 Å². The van der Waals surface area contributed by atoms with Gasteiger partial charge in [0.1, 0.15) is 11.6 Å². The molecule has 128 valence electrons. The van der Waals surface area contributed by atoms with Crippen LogP contribution in [0.3, 0.4) is 0 Å². The molecule has 8 heteroatoms. The minimum absolute atomic E-state index is 0.0554. The Hall–Kier alpha value is -1.96. The highest BCUT2D eigenvalue weighted by Gasteiger charge is 2.09. The number of ether oxygens (including phenoxy) is 1. The van der Waals surface area contributed by atoms with Crippen LogP contribution in [0.4, 0.5) is 21.8 Å². The van der Waals surface area contributed by atoms with Crippen molar-refractivity contribution in [2.24, 2.45) is 0 Å².